The van der Waals surface area contributed by atoms with Crippen LogP contribution in [0.5, 0.6) is 0 Å². The minimum absolute atomic E-state index is 0.207. The van der Waals surface area contributed by atoms with E-state index < -0.39 is 5.54 Å². The first-order chi connectivity index (χ1) is 9.04. The van der Waals surface area contributed by atoms with E-state index in [4.69, 9.17) is 10.8 Å². The van der Waals surface area contributed by atoms with Crippen LogP contribution in [0.15, 0.2) is 0 Å². The van der Waals surface area contributed by atoms with E-state index in [1.807, 2.05) is 18.7 Å². The Labute approximate surface area is 120 Å². The number of rotatable bonds is 8. The fourth-order valence-electron chi connectivity index (χ4n) is 2.56. The van der Waals surface area contributed by atoms with Crippen molar-refractivity contribution in [3.63, 3.8) is 0 Å². The van der Waals surface area contributed by atoms with E-state index >= 15 is 0 Å². The molecule has 19 heavy (non-hydrogen) atoms. The third-order valence-electron chi connectivity index (χ3n) is 3.82. The number of nitrogens with one attached hydrogen (secondary N) is 1. The molecule has 4 nitrogen and oxygen atoms in total. The Hall–Kier alpha value is -0.260. The number of amides is 1. The van der Waals surface area contributed by atoms with Gasteiger partial charge in [0.25, 0.3) is 0 Å². The molecular formula is C14H28N2O2S. The SMILES string of the molecule is CCCNC1(C(N)=O)CCCC(SCC(C)CO)C1. The van der Waals surface area contributed by atoms with Crippen molar-refractivity contribution in [3.05, 3.63) is 0 Å². The summed E-state index contributed by atoms with van der Waals surface area (Å²) in [4.78, 5) is 11.8. The lowest BCUT2D eigenvalue weighted by Crippen LogP contribution is -2.58. The Balaban J connectivity index is 2.56. The van der Waals surface area contributed by atoms with Gasteiger partial charge in [0.1, 0.15) is 0 Å². The van der Waals surface area contributed by atoms with Gasteiger partial charge in [-0.3, -0.25) is 4.79 Å². The Morgan fingerprint density at radius 3 is 2.95 bits per heavy atom. The zero-order valence-corrected chi connectivity index (χ0v) is 13.0. The number of aliphatic hydroxyl groups excluding tert-OH is 1. The average molecular weight is 288 g/mol. The normalized spacial score (nSPS) is 29.1. The molecule has 0 spiro atoms. The second-order valence-electron chi connectivity index (χ2n) is 5.71. The summed E-state index contributed by atoms with van der Waals surface area (Å²) in [7, 11) is 0. The highest BCUT2D eigenvalue weighted by molar-refractivity contribution is 7.99. The van der Waals surface area contributed by atoms with Crippen LogP contribution in [0, 0.1) is 5.92 Å². The molecule has 0 saturated heterocycles. The molecule has 1 rings (SSSR count). The van der Waals surface area contributed by atoms with Crippen molar-refractivity contribution >= 4 is 17.7 Å². The molecule has 0 bridgehead atoms. The van der Waals surface area contributed by atoms with Crippen molar-refractivity contribution in [2.45, 2.75) is 56.7 Å². The number of carbonyl (C=O) groups excluding carboxylic acids is 1. The largest absolute Gasteiger partial charge is 0.396 e. The van der Waals surface area contributed by atoms with Gasteiger partial charge in [0.15, 0.2) is 0 Å². The van der Waals surface area contributed by atoms with Gasteiger partial charge in [-0.2, -0.15) is 11.8 Å². The topological polar surface area (TPSA) is 75.3 Å². The van der Waals surface area contributed by atoms with Gasteiger partial charge in [-0.25, -0.2) is 0 Å². The second kappa shape index (κ2) is 8.12. The van der Waals surface area contributed by atoms with Crippen LogP contribution >= 0.6 is 11.8 Å². The summed E-state index contributed by atoms with van der Waals surface area (Å²) in [5.74, 6) is 1.06. The van der Waals surface area contributed by atoms with Crippen molar-refractivity contribution in [2.24, 2.45) is 11.7 Å². The zero-order chi connectivity index (χ0) is 14.3. The maximum atomic E-state index is 11.8. The molecule has 3 unspecified atom stereocenters. The van der Waals surface area contributed by atoms with E-state index in [9.17, 15) is 4.79 Å². The smallest absolute Gasteiger partial charge is 0.237 e. The summed E-state index contributed by atoms with van der Waals surface area (Å²) in [6.45, 7) is 5.22. The molecule has 1 saturated carbocycles. The van der Waals surface area contributed by atoms with Gasteiger partial charge >= 0.3 is 0 Å². The second-order valence-corrected chi connectivity index (χ2v) is 7.05. The number of hydrogen-bond donors (Lipinski definition) is 3. The van der Waals surface area contributed by atoms with Gasteiger partial charge < -0.3 is 16.2 Å². The van der Waals surface area contributed by atoms with Crippen molar-refractivity contribution < 1.29 is 9.90 Å². The van der Waals surface area contributed by atoms with E-state index in [2.05, 4.69) is 12.2 Å². The molecule has 0 aromatic heterocycles. The van der Waals surface area contributed by atoms with Crippen LogP contribution in [-0.4, -0.2) is 40.7 Å². The lowest BCUT2D eigenvalue weighted by Gasteiger charge is -2.39. The summed E-state index contributed by atoms with van der Waals surface area (Å²) in [5, 5.41) is 12.9. The number of carbonyl (C=O) groups is 1. The van der Waals surface area contributed by atoms with Crippen molar-refractivity contribution in [3.8, 4) is 0 Å². The van der Waals surface area contributed by atoms with Gasteiger partial charge in [0, 0.05) is 11.9 Å². The molecule has 0 aromatic carbocycles. The predicted molar refractivity (Wildman–Crippen MR) is 81.2 cm³/mol. The first kappa shape index (κ1) is 16.8. The minimum Gasteiger partial charge on any atom is -0.396 e. The van der Waals surface area contributed by atoms with Gasteiger partial charge in [-0.05, 0) is 50.3 Å². The molecule has 112 valence electrons. The Kier molecular flexibility index (Phi) is 7.18. The molecule has 0 aliphatic heterocycles. The molecule has 4 N–H and O–H groups in total. The van der Waals surface area contributed by atoms with Crippen LogP contribution in [-0.2, 0) is 4.79 Å². The monoisotopic (exact) mass is 288 g/mol. The highest BCUT2D eigenvalue weighted by Gasteiger charge is 2.40. The van der Waals surface area contributed by atoms with Crippen LogP contribution in [0.3, 0.4) is 0 Å². The minimum atomic E-state index is -0.506. The van der Waals surface area contributed by atoms with Crippen LogP contribution in [0.4, 0.5) is 0 Å². The standard InChI is InChI=1S/C14H28N2O2S/c1-3-7-16-14(13(15)18)6-4-5-12(8-14)19-10-11(2)9-17/h11-12,16-17H,3-10H2,1-2H3,(H2,15,18). The fourth-order valence-corrected chi connectivity index (χ4v) is 4.00. The molecule has 0 aromatic rings. The third kappa shape index (κ3) is 4.97. The summed E-state index contributed by atoms with van der Waals surface area (Å²) >= 11 is 1.88. The fraction of sp³-hybridized carbons (Fsp3) is 0.929. The summed E-state index contributed by atoms with van der Waals surface area (Å²) in [6, 6.07) is 0. The van der Waals surface area contributed by atoms with Gasteiger partial charge in [-0.1, -0.05) is 13.8 Å². The number of aliphatic hydroxyl groups is 1. The summed E-state index contributed by atoms with van der Waals surface area (Å²) < 4.78 is 0. The first-order valence-electron chi connectivity index (χ1n) is 7.31. The van der Waals surface area contributed by atoms with Crippen LogP contribution in [0.1, 0.15) is 46.0 Å². The highest BCUT2D eigenvalue weighted by atomic mass is 32.2. The highest BCUT2D eigenvalue weighted by Crippen LogP contribution is 2.35. The molecule has 0 radical (unpaired) electrons. The quantitative estimate of drug-likeness (QED) is 0.633. The number of thioether (sulfide) groups is 1. The third-order valence-corrected chi connectivity index (χ3v) is 5.45. The first-order valence-corrected chi connectivity index (χ1v) is 8.36. The van der Waals surface area contributed by atoms with E-state index in [1.54, 1.807) is 0 Å². The number of nitrogens with two attached hydrogens (primary N) is 1. The Morgan fingerprint density at radius 1 is 1.63 bits per heavy atom. The van der Waals surface area contributed by atoms with E-state index in [0.29, 0.717) is 11.2 Å². The summed E-state index contributed by atoms with van der Waals surface area (Å²) in [6.07, 6.45) is 4.88. The summed E-state index contributed by atoms with van der Waals surface area (Å²) in [5.41, 5.74) is 5.13. The van der Waals surface area contributed by atoms with E-state index in [-0.39, 0.29) is 12.5 Å². The average Bonchev–Trinajstić information content (AvgIpc) is 2.42. The van der Waals surface area contributed by atoms with Crippen LogP contribution in [0.25, 0.3) is 0 Å². The molecule has 3 atom stereocenters. The molecule has 5 heteroatoms. The number of primary amides is 1. The van der Waals surface area contributed by atoms with Crippen molar-refractivity contribution in [2.75, 3.05) is 18.9 Å². The Morgan fingerprint density at radius 2 is 2.37 bits per heavy atom. The Bertz CT molecular complexity index is 289. The number of hydrogen-bond acceptors (Lipinski definition) is 4. The molecule has 1 fully saturated rings. The van der Waals surface area contributed by atoms with Gasteiger partial charge in [0.05, 0.1) is 5.54 Å². The maximum absolute atomic E-state index is 11.8. The van der Waals surface area contributed by atoms with Crippen LogP contribution < -0.4 is 11.1 Å². The molecule has 0 heterocycles. The van der Waals surface area contributed by atoms with Crippen LogP contribution in [0.2, 0.25) is 0 Å². The predicted octanol–water partition coefficient (Wildman–Crippen LogP) is 1.51. The zero-order valence-electron chi connectivity index (χ0n) is 12.2. The van der Waals surface area contributed by atoms with E-state index in [1.165, 1.54) is 0 Å². The van der Waals surface area contributed by atoms with E-state index in [0.717, 1.165) is 44.4 Å². The van der Waals surface area contributed by atoms with Gasteiger partial charge in [-0.15, -0.1) is 0 Å². The van der Waals surface area contributed by atoms with Crippen molar-refractivity contribution in [1.82, 2.24) is 5.32 Å². The lowest BCUT2D eigenvalue weighted by molar-refractivity contribution is -0.125. The maximum Gasteiger partial charge on any atom is 0.237 e. The lowest BCUT2D eigenvalue weighted by atomic mass is 9.80. The molecule has 1 aliphatic carbocycles. The van der Waals surface area contributed by atoms with Gasteiger partial charge in [0.2, 0.25) is 5.91 Å². The molecule has 1 aliphatic rings. The van der Waals surface area contributed by atoms with Crippen molar-refractivity contribution in [1.29, 1.82) is 0 Å². The molecule has 1 amide bonds. The molecular weight excluding hydrogens is 260 g/mol.